The molecule has 5 heteroatoms. The van der Waals surface area contributed by atoms with E-state index in [1.165, 1.54) is 15.6 Å². The van der Waals surface area contributed by atoms with Crippen molar-refractivity contribution >= 4 is 11.3 Å². The van der Waals surface area contributed by atoms with Gasteiger partial charge in [0.2, 0.25) is 0 Å². The molecule has 0 aliphatic carbocycles. The number of aromatic nitrogens is 1. The lowest BCUT2D eigenvalue weighted by Crippen LogP contribution is -2.43. The van der Waals surface area contributed by atoms with Crippen LogP contribution in [0.3, 0.4) is 0 Å². The molecule has 0 amide bonds. The highest BCUT2D eigenvalue weighted by Crippen LogP contribution is 2.21. The van der Waals surface area contributed by atoms with E-state index in [-0.39, 0.29) is 0 Å². The van der Waals surface area contributed by atoms with Crippen molar-refractivity contribution in [3.63, 3.8) is 0 Å². The molecule has 1 fully saturated rings. The molecule has 0 atom stereocenters. The minimum absolute atomic E-state index is 0.635. The predicted molar refractivity (Wildman–Crippen MR) is 76.8 cm³/mol. The highest BCUT2D eigenvalue weighted by Gasteiger charge is 2.16. The number of hydrogen-bond acceptors (Lipinski definition) is 5. The summed E-state index contributed by atoms with van der Waals surface area (Å²) in [7, 11) is 2.19. The topological polar surface area (TPSA) is 45.4 Å². The van der Waals surface area contributed by atoms with E-state index in [9.17, 15) is 0 Å². The van der Waals surface area contributed by atoms with E-state index in [0.29, 0.717) is 6.54 Å². The summed E-state index contributed by atoms with van der Waals surface area (Å²) < 4.78 is 0. The average Bonchev–Trinajstić information content (AvgIpc) is 2.75. The first-order valence-corrected chi connectivity index (χ1v) is 7.63. The highest BCUT2D eigenvalue weighted by atomic mass is 32.1. The molecule has 1 aromatic rings. The molecule has 1 aliphatic heterocycles. The Morgan fingerprint density at radius 2 is 2.00 bits per heavy atom. The van der Waals surface area contributed by atoms with Crippen LogP contribution in [0.1, 0.15) is 28.9 Å². The molecule has 102 valence electrons. The third kappa shape index (κ3) is 3.51. The van der Waals surface area contributed by atoms with Gasteiger partial charge < -0.3 is 10.6 Å². The molecule has 2 N–H and O–H groups in total. The monoisotopic (exact) mass is 268 g/mol. The van der Waals surface area contributed by atoms with Gasteiger partial charge in [0, 0.05) is 37.6 Å². The zero-order valence-corrected chi connectivity index (χ0v) is 12.3. The van der Waals surface area contributed by atoms with Crippen molar-refractivity contribution in [3.05, 3.63) is 15.6 Å². The maximum atomic E-state index is 5.80. The first kappa shape index (κ1) is 13.9. The zero-order valence-electron chi connectivity index (χ0n) is 11.5. The number of aryl methyl sites for hydroxylation is 1. The molecule has 1 saturated heterocycles. The lowest BCUT2D eigenvalue weighted by atomic mass is 10.2. The Morgan fingerprint density at radius 1 is 1.28 bits per heavy atom. The van der Waals surface area contributed by atoms with E-state index in [4.69, 9.17) is 10.7 Å². The van der Waals surface area contributed by atoms with Crippen LogP contribution < -0.4 is 5.73 Å². The van der Waals surface area contributed by atoms with Gasteiger partial charge in [-0.15, -0.1) is 11.3 Å². The summed E-state index contributed by atoms with van der Waals surface area (Å²) in [6, 6.07) is 0. The number of nitrogens with zero attached hydrogens (tertiary/aromatic N) is 3. The molecule has 0 aromatic carbocycles. The molecule has 0 saturated carbocycles. The Morgan fingerprint density at radius 3 is 2.61 bits per heavy atom. The molecule has 0 unspecified atom stereocenters. The van der Waals surface area contributed by atoms with Crippen LogP contribution in [-0.2, 0) is 19.5 Å². The van der Waals surface area contributed by atoms with Crippen molar-refractivity contribution in [2.75, 3.05) is 33.2 Å². The summed E-state index contributed by atoms with van der Waals surface area (Å²) in [5, 5.41) is 1.24. The first-order valence-electron chi connectivity index (χ1n) is 6.81. The molecule has 1 aliphatic rings. The fourth-order valence-electron chi connectivity index (χ4n) is 2.29. The largest absolute Gasteiger partial charge is 0.326 e. The van der Waals surface area contributed by atoms with Crippen LogP contribution in [-0.4, -0.2) is 48.0 Å². The van der Waals surface area contributed by atoms with Crippen molar-refractivity contribution in [1.82, 2.24) is 14.8 Å². The number of likely N-dealkylation sites (N-methyl/N-ethyl adjacent to an activating group) is 1. The van der Waals surface area contributed by atoms with Crippen LogP contribution in [0, 0.1) is 0 Å². The summed E-state index contributed by atoms with van der Waals surface area (Å²) in [5.74, 6) is 0. The summed E-state index contributed by atoms with van der Waals surface area (Å²) in [6.45, 7) is 8.45. The van der Waals surface area contributed by atoms with Crippen molar-refractivity contribution in [2.24, 2.45) is 5.73 Å². The quantitative estimate of drug-likeness (QED) is 0.874. The molecular formula is C13H24N4S. The highest BCUT2D eigenvalue weighted by molar-refractivity contribution is 7.11. The maximum absolute atomic E-state index is 5.80. The summed E-state index contributed by atoms with van der Waals surface area (Å²) >= 11 is 1.80. The van der Waals surface area contributed by atoms with Crippen LogP contribution >= 0.6 is 11.3 Å². The second-order valence-corrected chi connectivity index (χ2v) is 6.18. The third-order valence-corrected chi connectivity index (χ3v) is 4.55. The van der Waals surface area contributed by atoms with Gasteiger partial charge in [0.15, 0.2) is 0 Å². The lowest BCUT2D eigenvalue weighted by molar-refractivity contribution is 0.148. The van der Waals surface area contributed by atoms with E-state index in [1.54, 1.807) is 11.3 Å². The fraction of sp³-hybridized carbons (Fsp3) is 0.769. The van der Waals surface area contributed by atoms with Gasteiger partial charge in [-0.1, -0.05) is 13.3 Å². The fourth-order valence-corrected chi connectivity index (χ4v) is 3.33. The van der Waals surface area contributed by atoms with Crippen molar-refractivity contribution in [1.29, 1.82) is 0 Å². The average molecular weight is 268 g/mol. The van der Waals surface area contributed by atoms with Crippen LogP contribution in [0.5, 0.6) is 0 Å². The SMILES string of the molecule is CCCc1nc(CN2CCN(C)CC2)sc1CN. The van der Waals surface area contributed by atoms with Crippen molar-refractivity contribution in [2.45, 2.75) is 32.9 Å². The molecule has 0 bridgehead atoms. The smallest absolute Gasteiger partial charge is 0.107 e. The number of thiazole rings is 1. The summed E-state index contributed by atoms with van der Waals surface area (Å²) in [5.41, 5.74) is 7.03. The molecule has 0 radical (unpaired) electrons. The minimum atomic E-state index is 0.635. The van der Waals surface area contributed by atoms with E-state index >= 15 is 0 Å². The third-order valence-electron chi connectivity index (χ3n) is 3.45. The summed E-state index contributed by atoms with van der Waals surface area (Å²) in [6.07, 6.45) is 2.20. The Bertz CT molecular complexity index is 369. The Hall–Kier alpha value is -0.490. The lowest BCUT2D eigenvalue weighted by Gasteiger charge is -2.31. The van der Waals surface area contributed by atoms with Gasteiger partial charge in [0.25, 0.3) is 0 Å². The maximum Gasteiger partial charge on any atom is 0.107 e. The molecule has 2 heterocycles. The van der Waals surface area contributed by atoms with Crippen molar-refractivity contribution in [3.8, 4) is 0 Å². The number of hydrogen-bond donors (Lipinski definition) is 1. The van der Waals surface area contributed by atoms with Crippen LogP contribution in [0.25, 0.3) is 0 Å². The first-order chi connectivity index (χ1) is 8.72. The predicted octanol–water partition coefficient (Wildman–Crippen LogP) is 1.30. The Balaban J connectivity index is 1.96. The van der Waals surface area contributed by atoms with Gasteiger partial charge in [0.1, 0.15) is 5.01 Å². The number of nitrogens with two attached hydrogens (primary N) is 1. The van der Waals surface area contributed by atoms with Gasteiger partial charge in [-0.05, 0) is 13.5 Å². The van der Waals surface area contributed by atoms with E-state index in [0.717, 1.165) is 45.6 Å². The normalized spacial score (nSPS) is 18.4. The Labute approximate surface area is 114 Å². The van der Waals surface area contributed by atoms with Gasteiger partial charge in [-0.2, -0.15) is 0 Å². The molecule has 18 heavy (non-hydrogen) atoms. The summed E-state index contributed by atoms with van der Waals surface area (Å²) in [4.78, 5) is 10.9. The number of piperazine rings is 1. The van der Waals surface area contributed by atoms with Crippen LogP contribution in [0.15, 0.2) is 0 Å². The molecule has 2 rings (SSSR count). The van der Waals surface area contributed by atoms with E-state index < -0.39 is 0 Å². The zero-order chi connectivity index (χ0) is 13.0. The molecule has 1 aromatic heterocycles. The Kier molecular flexibility index (Phi) is 5.12. The molecular weight excluding hydrogens is 244 g/mol. The molecule has 0 spiro atoms. The van der Waals surface area contributed by atoms with E-state index in [2.05, 4.69) is 23.8 Å². The van der Waals surface area contributed by atoms with Crippen LogP contribution in [0.4, 0.5) is 0 Å². The molecule has 4 nitrogen and oxygen atoms in total. The van der Waals surface area contributed by atoms with E-state index in [1.807, 2.05) is 0 Å². The van der Waals surface area contributed by atoms with Gasteiger partial charge in [-0.3, -0.25) is 4.90 Å². The van der Waals surface area contributed by atoms with Crippen LogP contribution in [0.2, 0.25) is 0 Å². The standard InChI is InChI=1S/C13H24N4S/c1-3-4-11-12(9-14)18-13(15-11)10-17-7-5-16(2)6-8-17/h3-10,14H2,1-2H3. The second-order valence-electron chi connectivity index (χ2n) is 5.01. The van der Waals surface area contributed by atoms with Gasteiger partial charge in [-0.25, -0.2) is 4.98 Å². The van der Waals surface area contributed by atoms with Gasteiger partial charge in [0.05, 0.1) is 12.2 Å². The second kappa shape index (κ2) is 6.61. The minimum Gasteiger partial charge on any atom is -0.326 e. The number of rotatable bonds is 5. The van der Waals surface area contributed by atoms with Gasteiger partial charge >= 0.3 is 0 Å². The van der Waals surface area contributed by atoms with Crippen molar-refractivity contribution < 1.29 is 0 Å².